The summed E-state index contributed by atoms with van der Waals surface area (Å²) in [5.74, 6) is 0.997. The number of para-hydroxylation sites is 2. The summed E-state index contributed by atoms with van der Waals surface area (Å²) >= 11 is 5.86. The van der Waals surface area contributed by atoms with Crippen molar-refractivity contribution in [2.45, 2.75) is 0 Å². The van der Waals surface area contributed by atoms with E-state index < -0.39 is 0 Å². The molecule has 0 amide bonds. The molecule has 0 saturated heterocycles. The first-order valence-electron chi connectivity index (χ1n) is 6.98. The van der Waals surface area contributed by atoms with Crippen LogP contribution in [0.1, 0.15) is 0 Å². The number of oxazole rings is 1. The Morgan fingerprint density at radius 2 is 1.65 bits per heavy atom. The molecule has 4 rings (SSSR count). The van der Waals surface area contributed by atoms with Gasteiger partial charge in [-0.05, 0) is 36.4 Å². The molecule has 0 radical (unpaired) electrons. The molecule has 0 atom stereocenters. The van der Waals surface area contributed by atoms with Crippen LogP contribution in [-0.4, -0.2) is 15.0 Å². The van der Waals surface area contributed by atoms with E-state index >= 15 is 0 Å². The summed E-state index contributed by atoms with van der Waals surface area (Å²) < 4.78 is 5.70. The van der Waals surface area contributed by atoms with E-state index in [1.807, 2.05) is 36.4 Å². The second kappa shape index (κ2) is 5.70. The Labute approximate surface area is 137 Å². The van der Waals surface area contributed by atoms with Crippen LogP contribution in [0.3, 0.4) is 0 Å². The highest BCUT2D eigenvalue weighted by Gasteiger charge is 2.09. The molecule has 2 heterocycles. The first-order chi connectivity index (χ1) is 11.3. The SMILES string of the molecule is Clc1ccc(Nc2ncc(-c3nc4ccccc4o3)cn2)cc1. The van der Waals surface area contributed by atoms with Gasteiger partial charge in [0, 0.05) is 23.1 Å². The average molecular weight is 323 g/mol. The van der Waals surface area contributed by atoms with Crippen LogP contribution in [0.5, 0.6) is 0 Å². The van der Waals surface area contributed by atoms with E-state index in [9.17, 15) is 0 Å². The lowest BCUT2D eigenvalue weighted by molar-refractivity contribution is 0.619. The molecule has 2 aromatic carbocycles. The summed E-state index contributed by atoms with van der Waals surface area (Å²) in [6.07, 6.45) is 3.35. The molecular formula is C17H11ClN4O. The maximum atomic E-state index is 5.86. The van der Waals surface area contributed by atoms with E-state index in [1.54, 1.807) is 24.5 Å². The van der Waals surface area contributed by atoms with Crippen LogP contribution < -0.4 is 5.32 Å². The van der Waals surface area contributed by atoms with E-state index in [0.29, 0.717) is 16.9 Å². The van der Waals surface area contributed by atoms with Crippen LogP contribution in [0.2, 0.25) is 5.02 Å². The molecule has 0 saturated carbocycles. The van der Waals surface area contributed by atoms with Crippen molar-refractivity contribution in [3.8, 4) is 11.5 Å². The van der Waals surface area contributed by atoms with Crippen molar-refractivity contribution in [1.29, 1.82) is 0 Å². The predicted octanol–water partition coefficient (Wildman–Crippen LogP) is 4.68. The highest BCUT2D eigenvalue weighted by Crippen LogP contribution is 2.23. The summed E-state index contributed by atoms with van der Waals surface area (Å²) in [7, 11) is 0. The van der Waals surface area contributed by atoms with Crippen LogP contribution in [0.15, 0.2) is 65.3 Å². The fourth-order valence-corrected chi connectivity index (χ4v) is 2.29. The minimum atomic E-state index is 0.493. The third-order valence-electron chi connectivity index (χ3n) is 3.29. The number of aromatic nitrogens is 3. The van der Waals surface area contributed by atoms with E-state index in [0.717, 1.165) is 22.4 Å². The van der Waals surface area contributed by atoms with Gasteiger partial charge in [-0.15, -0.1) is 0 Å². The molecule has 0 bridgehead atoms. The molecule has 0 aliphatic carbocycles. The molecule has 112 valence electrons. The third-order valence-corrected chi connectivity index (χ3v) is 3.55. The van der Waals surface area contributed by atoms with Crippen LogP contribution in [-0.2, 0) is 0 Å². The van der Waals surface area contributed by atoms with Crippen molar-refractivity contribution < 1.29 is 4.42 Å². The molecule has 2 aromatic heterocycles. The Bertz CT molecular complexity index is 915. The topological polar surface area (TPSA) is 63.8 Å². The number of benzene rings is 2. The second-order valence-electron chi connectivity index (χ2n) is 4.91. The lowest BCUT2D eigenvalue weighted by atomic mass is 10.3. The average Bonchev–Trinajstić information content (AvgIpc) is 3.02. The zero-order chi connectivity index (χ0) is 15.6. The van der Waals surface area contributed by atoms with Crippen molar-refractivity contribution in [3.05, 3.63) is 65.9 Å². The van der Waals surface area contributed by atoms with Gasteiger partial charge in [0.05, 0.1) is 5.56 Å². The van der Waals surface area contributed by atoms with E-state index in [2.05, 4.69) is 20.3 Å². The van der Waals surface area contributed by atoms with Crippen molar-refractivity contribution in [1.82, 2.24) is 15.0 Å². The van der Waals surface area contributed by atoms with Gasteiger partial charge in [-0.3, -0.25) is 0 Å². The van der Waals surface area contributed by atoms with Gasteiger partial charge in [0.15, 0.2) is 5.58 Å². The summed E-state index contributed by atoms with van der Waals surface area (Å²) in [5, 5.41) is 3.79. The number of halogens is 1. The van der Waals surface area contributed by atoms with Gasteiger partial charge < -0.3 is 9.73 Å². The standard InChI is InChI=1S/C17H11ClN4O/c18-12-5-7-13(8-6-12)21-17-19-9-11(10-20-17)16-22-14-3-1-2-4-15(14)23-16/h1-10H,(H,19,20,21). The number of nitrogens with one attached hydrogen (secondary N) is 1. The molecular weight excluding hydrogens is 312 g/mol. The Balaban J connectivity index is 1.58. The fourth-order valence-electron chi connectivity index (χ4n) is 2.16. The largest absolute Gasteiger partial charge is 0.436 e. The number of anilines is 2. The minimum absolute atomic E-state index is 0.493. The Hall–Kier alpha value is -2.92. The number of rotatable bonds is 3. The van der Waals surface area contributed by atoms with Crippen molar-refractivity contribution >= 4 is 34.3 Å². The Morgan fingerprint density at radius 3 is 2.39 bits per heavy atom. The molecule has 4 aromatic rings. The maximum Gasteiger partial charge on any atom is 0.230 e. The molecule has 0 fully saturated rings. The van der Waals surface area contributed by atoms with Gasteiger partial charge >= 0.3 is 0 Å². The predicted molar refractivity (Wildman–Crippen MR) is 89.8 cm³/mol. The molecule has 0 spiro atoms. The Kier molecular flexibility index (Phi) is 3.40. The number of nitrogens with zero attached hydrogens (tertiary/aromatic N) is 3. The summed E-state index contributed by atoms with van der Waals surface area (Å²) in [6, 6.07) is 14.9. The number of hydrogen-bond acceptors (Lipinski definition) is 5. The second-order valence-corrected chi connectivity index (χ2v) is 5.35. The van der Waals surface area contributed by atoms with Crippen molar-refractivity contribution in [3.63, 3.8) is 0 Å². The van der Waals surface area contributed by atoms with Gasteiger partial charge in [0.2, 0.25) is 11.8 Å². The normalized spacial score (nSPS) is 10.8. The van der Waals surface area contributed by atoms with Gasteiger partial charge in [0.1, 0.15) is 5.52 Å². The smallest absolute Gasteiger partial charge is 0.230 e. The lowest BCUT2D eigenvalue weighted by Gasteiger charge is -2.04. The van der Waals surface area contributed by atoms with Gasteiger partial charge in [-0.1, -0.05) is 23.7 Å². The molecule has 1 N–H and O–H groups in total. The van der Waals surface area contributed by atoms with Crippen LogP contribution in [0, 0.1) is 0 Å². The van der Waals surface area contributed by atoms with Crippen molar-refractivity contribution in [2.75, 3.05) is 5.32 Å². The van der Waals surface area contributed by atoms with Gasteiger partial charge in [-0.25, -0.2) is 15.0 Å². The molecule has 0 aliphatic heterocycles. The number of hydrogen-bond donors (Lipinski definition) is 1. The van der Waals surface area contributed by atoms with E-state index in [4.69, 9.17) is 16.0 Å². The van der Waals surface area contributed by atoms with E-state index in [1.165, 1.54) is 0 Å². The summed E-state index contributed by atoms with van der Waals surface area (Å²) in [4.78, 5) is 13.0. The first-order valence-corrected chi connectivity index (χ1v) is 7.36. The maximum absolute atomic E-state index is 5.86. The van der Waals surface area contributed by atoms with Crippen LogP contribution in [0.4, 0.5) is 11.6 Å². The quantitative estimate of drug-likeness (QED) is 0.593. The molecule has 5 nitrogen and oxygen atoms in total. The van der Waals surface area contributed by atoms with Gasteiger partial charge in [-0.2, -0.15) is 0 Å². The molecule has 0 unspecified atom stereocenters. The fraction of sp³-hybridized carbons (Fsp3) is 0. The highest BCUT2D eigenvalue weighted by atomic mass is 35.5. The molecule has 0 aliphatic rings. The van der Waals surface area contributed by atoms with E-state index in [-0.39, 0.29) is 0 Å². The minimum Gasteiger partial charge on any atom is -0.436 e. The summed E-state index contributed by atoms with van der Waals surface area (Å²) in [5.41, 5.74) is 3.14. The van der Waals surface area contributed by atoms with Crippen LogP contribution in [0.25, 0.3) is 22.6 Å². The van der Waals surface area contributed by atoms with Crippen LogP contribution >= 0.6 is 11.6 Å². The Morgan fingerprint density at radius 1 is 0.913 bits per heavy atom. The summed E-state index contributed by atoms with van der Waals surface area (Å²) in [6.45, 7) is 0. The zero-order valence-electron chi connectivity index (χ0n) is 11.9. The molecule has 23 heavy (non-hydrogen) atoms. The monoisotopic (exact) mass is 322 g/mol. The zero-order valence-corrected chi connectivity index (χ0v) is 12.7. The van der Waals surface area contributed by atoms with Crippen molar-refractivity contribution in [2.24, 2.45) is 0 Å². The molecule has 6 heteroatoms. The first kappa shape index (κ1) is 13.7. The third kappa shape index (κ3) is 2.86. The number of fused-ring (bicyclic) bond motifs is 1. The highest BCUT2D eigenvalue weighted by molar-refractivity contribution is 6.30. The van der Waals surface area contributed by atoms with Gasteiger partial charge in [0.25, 0.3) is 0 Å². The lowest BCUT2D eigenvalue weighted by Crippen LogP contribution is -1.96.